The number of aromatic nitrogens is 3. The van der Waals surface area contributed by atoms with Gasteiger partial charge in [-0.1, -0.05) is 18.2 Å². The van der Waals surface area contributed by atoms with Crippen molar-refractivity contribution < 1.29 is 14.5 Å². The van der Waals surface area contributed by atoms with Crippen molar-refractivity contribution in [3.8, 4) is 17.0 Å². The van der Waals surface area contributed by atoms with Crippen LogP contribution in [-0.4, -0.2) is 43.8 Å². The molecule has 0 radical (unpaired) electrons. The Bertz CT molecular complexity index is 1450. The lowest BCUT2D eigenvalue weighted by Crippen LogP contribution is -2.39. The van der Waals surface area contributed by atoms with Crippen LogP contribution < -0.4 is 4.74 Å². The van der Waals surface area contributed by atoms with E-state index in [1.54, 1.807) is 4.90 Å². The number of nitro groups is 1. The number of nitro benzene ring substituents is 1. The minimum atomic E-state index is -0.482. The quantitative estimate of drug-likeness (QED) is 0.311. The lowest BCUT2D eigenvalue weighted by molar-refractivity contribution is -0.384. The summed E-state index contributed by atoms with van der Waals surface area (Å²) in [5.41, 5.74) is 3.77. The number of pyridine rings is 1. The normalized spacial score (nSPS) is 19.1. The number of hydrogen-bond acceptors (Lipinski definition) is 6. The summed E-state index contributed by atoms with van der Waals surface area (Å²) in [5.74, 6) is 0.293. The van der Waals surface area contributed by atoms with Crippen LogP contribution in [-0.2, 0) is 12.0 Å². The first kappa shape index (κ1) is 21.3. The van der Waals surface area contributed by atoms with Gasteiger partial charge in [-0.3, -0.25) is 19.8 Å². The van der Waals surface area contributed by atoms with Crippen LogP contribution in [0, 0.1) is 10.1 Å². The fraction of sp³-hybridized carbons (Fsp3) is 0.269. The number of fused-ring (bicyclic) bond motifs is 3. The standard InChI is InChI=1S/C26H23N5O4/c32-25(35-21-8-6-20(7-9-21)31(33)34)29-13-11-26(17-29)10-3-12-30-24(26)15-23(28-30)19-14-18-4-1-2-5-22(18)27-16-19/h1-2,4-9,14-16H,3,10-13,17H2. The molecule has 9 nitrogen and oxygen atoms in total. The molecule has 2 aromatic heterocycles. The SMILES string of the molecule is O=C(Oc1ccc([N+](=O)[O-])cc1)N1CCC2(CCCn3nc(-c4cnc5ccccc5c4)cc32)C1. The molecule has 0 bridgehead atoms. The summed E-state index contributed by atoms with van der Waals surface area (Å²) in [6, 6.07) is 17.8. The third-order valence-electron chi connectivity index (χ3n) is 7.10. The highest BCUT2D eigenvalue weighted by Gasteiger charge is 2.45. The molecule has 35 heavy (non-hydrogen) atoms. The summed E-state index contributed by atoms with van der Waals surface area (Å²) in [4.78, 5) is 29.5. The number of amides is 1. The average Bonchev–Trinajstić information content (AvgIpc) is 3.51. The Kier molecular flexibility index (Phi) is 4.98. The van der Waals surface area contributed by atoms with Crippen molar-refractivity contribution >= 4 is 22.7 Å². The molecule has 176 valence electrons. The van der Waals surface area contributed by atoms with Crippen LogP contribution in [0.15, 0.2) is 66.9 Å². The summed E-state index contributed by atoms with van der Waals surface area (Å²) in [6.07, 6.45) is 4.24. The molecule has 0 N–H and O–H groups in total. The minimum Gasteiger partial charge on any atom is -0.410 e. The third kappa shape index (κ3) is 3.78. The number of nitrogens with zero attached hydrogens (tertiary/aromatic N) is 5. The third-order valence-corrected chi connectivity index (χ3v) is 7.10. The molecule has 1 spiro atoms. The molecule has 1 fully saturated rings. The van der Waals surface area contributed by atoms with Crippen molar-refractivity contribution in [2.75, 3.05) is 13.1 Å². The zero-order valence-corrected chi connectivity index (χ0v) is 19.0. The topological polar surface area (TPSA) is 103 Å². The number of benzene rings is 2. The van der Waals surface area contributed by atoms with Gasteiger partial charge in [-0.15, -0.1) is 0 Å². The number of carbonyl (C=O) groups excluding carboxylic acids is 1. The van der Waals surface area contributed by atoms with Crippen molar-refractivity contribution in [2.24, 2.45) is 0 Å². The number of carbonyl (C=O) groups is 1. The van der Waals surface area contributed by atoms with Gasteiger partial charge >= 0.3 is 6.09 Å². The Morgan fingerprint density at radius 2 is 1.89 bits per heavy atom. The van der Waals surface area contributed by atoms with E-state index in [1.807, 2.05) is 24.4 Å². The van der Waals surface area contributed by atoms with Gasteiger partial charge in [-0.25, -0.2) is 4.79 Å². The summed E-state index contributed by atoms with van der Waals surface area (Å²) < 4.78 is 7.59. The molecule has 2 aromatic carbocycles. The van der Waals surface area contributed by atoms with E-state index in [4.69, 9.17) is 9.84 Å². The number of aryl methyl sites for hydroxylation is 1. The first-order valence-corrected chi connectivity index (χ1v) is 11.7. The molecule has 6 rings (SSSR count). The first-order chi connectivity index (χ1) is 17.0. The van der Waals surface area contributed by atoms with Crippen molar-refractivity contribution in [1.29, 1.82) is 0 Å². The number of rotatable bonds is 3. The van der Waals surface area contributed by atoms with E-state index >= 15 is 0 Å². The Hall–Kier alpha value is -4.27. The first-order valence-electron chi connectivity index (χ1n) is 11.7. The van der Waals surface area contributed by atoms with E-state index in [-0.39, 0.29) is 11.1 Å². The van der Waals surface area contributed by atoms with Gasteiger partial charge in [0.25, 0.3) is 5.69 Å². The highest BCUT2D eigenvalue weighted by Crippen LogP contribution is 2.43. The Balaban J connectivity index is 1.23. The van der Waals surface area contributed by atoms with Crippen LogP contribution in [0.5, 0.6) is 5.75 Å². The predicted molar refractivity (Wildman–Crippen MR) is 129 cm³/mol. The number of non-ortho nitro benzene ring substituents is 1. The van der Waals surface area contributed by atoms with Crippen molar-refractivity contribution in [1.82, 2.24) is 19.7 Å². The monoisotopic (exact) mass is 469 g/mol. The zero-order chi connectivity index (χ0) is 24.0. The molecule has 9 heteroatoms. The van der Waals surface area contributed by atoms with Crippen LogP contribution in [0.1, 0.15) is 25.0 Å². The van der Waals surface area contributed by atoms with Gasteiger partial charge in [0.2, 0.25) is 0 Å². The van der Waals surface area contributed by atoms with Gasteiger partial charge in [0.15, 0.2) is 0 Å². The van der Waals surface area contributed by atoms with E-state index in [0.29, 0.717) is 18.8 Å². The van der Waals surface area contributed by atoms with E-state index in [0.717, 1.165) is 53.7 Å². The number of ether oxygens (including phenoxy) is 1. The molecule has 2 aliphatic rings. The molecule has 0 saturated carbocycles. The Morgan fingerprint density at radius 1 is 1.06 bits per heavy atom. The molecule has 1 atom stereocenters. The molecular weight excluding hydrogens is 446 g/mol. The molecule has 1 amide bonds. The predicted octanol–water partition coefficient (Wildman–Crippen LogP) is 4.94. The smallest absolute Gasteiger partial charge is 0.410 e. The number of likely N-dealkylation sites (tertiary alicyclic amines) is 1. The summed E-state index contributed by atoms with van der Waals surface area (Å²) in [7, 11) is 0. The minimum absolute atomic E-state index is 0.0437. The molecule has 2 aliphatic heterocycles. The molecule has 0 aliphatic carbocycles. The van der Waals surface area contributed by atoms with Crippen LogP contribution in [0.3, 0.4) is 0 Å². The lowest BCUT2D eigenvalue weighted by atomic mass is 9.77. The summed E-state index contributed by atoms with van der Waals surface area (Å²) in [5, 5.41) is 16.8. The maximum Gasteiger partial charge on any atom is 0.415 e. The maximum absolute atomic E-state index is 12.9. The van der Waals surface area contributed by atoms with Gasteiger partial charge in [-0.05, 0) is 49.6 Å². The number of para-hydroxylation sites is 1. The Morgan fingerprint density at radius 3 is 2.71 bits per heavy atom. The van der Waals surface area contributed by atoms with E-state index in [9.17, 15) is 14.9 Å². The Labute approximate surface area is 201 Å². The summed E-state index contributed by atoms with van der Waals surface area (Å²) >= 11 is 0. The zero-order valence-electron chi connectivity index (χ0n) is 19.0. The molecule has 4 heterocycles. The molecule has 1 unspecified atom stereocenters. The highest BCUT2D eigenvalue weighted by atomic mass is 16.6. The average molecular weight is 470 g/mol. The van der Waals surface area contributed by atoms with Crippen molar-refractivity contribution in [3.63, 3.8) is 0 Å². The fourth-order valence-electron chi connectivity index (χ4n) is 5.30. The van der Waals surface area contributed by atoms with Crippen LogP contribution in [0.2, 0.25) is 0 Å². The largest absolute Gasteiger partial charge is 0.415 e. The molecular formula is C26H23N5O4. The van der Waals surface area contributed by atoms with E-state index in [2.05, 4.69) is 27.9 Å². The number of hydrogen-bond donors (Lipinski definition) is 0. The van der Waals surface area contributed by atoms with Crippen LogP contribution in [0.25, 0.3) is 22.2 Å². The van der Waals surface area contributed by atoms with E-state index < -0.39 is 11.0 Å². The van der Waals surface area contributed by atoms with Crippen molar-refractivity contribution in [2.45, 2.75) is 31.2 Å². The summed E-state index contributed by atoms with van der Waals surface area (Å²) in [6.45, 7) is 2.00. The van der Waals surface area contributed by atoms with Gasteiger partial charge in [0.05, 0.1) is 16.1 Å². The second-order valence-corrected chi connectivity index (χ2v) is 9.23. The molecule has 1 saturated heterocycles. The lowest BCUT2D eigenvalue weighted by Gasteiger charge is -2.33. The highest BCUT2D eigenvalue weighted by molar-refractivity contribution is 5.82. The van der Waals surface area contributed by atoms with E-state index in [1.165, 1.54) is 24.3 Å². The maximum atomic E-state index is 12.9. The van der Waals surface area contributed by atoms with Gasteiger partial charge in [-0.2, -0.15) is 5.10 Å². The fourth-order valence-corrected chi connectivity index (χ4v) is 5.30. The van der Waals surface area contributed by atoms with Gasteiger partial charge in [0.1, 0.15) is 5.75 Å². The molecule has 4 aromatic rings. The van der Waals surface area contributed by atoms with Gasteiger partial charge < -0.3 is 9.64 Å². The van der Waals surface area contributed by atoms with Crippen LogP contribution in [0.4, 0.5) is 10.5 Å². The van der Waals surface area contributed by atoms with Gasteiger partial charge in [0, 0.05) is 60.0 Å². The van der Waals surface area contributed by atoms with Crippen molar-refractivity contribution in [3.05, 3.63) is 82.7 Å². The second-order valence-electron chi connectivity index (χ2n) is 9.23. The van der Waals surface area contributed by atoms with Crippen LogP contribution >= 0.6 is 0 Å². The second kappa shape index (κ2) is 8.19.